The van der Waals surface area contributed by atoms with E-state index in [1.165, 1.54) is 295 Å². The molecular weight excluding hydrogens is 887 g/mol. The van der Waals surface area contributed by atoms with Gasteiger partial charge in [-0.3, -0.25) is 9.59 Å². The molecule has 3 N–H and O–H groups in total. The molecule has 0 heterocycles. The van der Waals surface area contributed by atoms with Crippen LogP contribution in [0.25, 0.3) is 0 Å². The first kappa shape index (κ1) is 70.3. The van der Waals surface area contributed by atoms with Crippen molar-refractivity contribution in [3.8, 4) is 0 Å². The number of aliphatic hydroxyl groups is 2. The predicted molar refractivity (Wildman–Crippen MR) is 315 cm³/mol. The Morgan fingerprint density at radius 2 is 0.653 bits per heavy atom. The monoisotopic (exact) mass is 1010 g/mol. The molecule has 0 aromatic heterocycles. The molecule has 0 aliphatic carbocycles. The molecular formula is C66H127NO5. The largest absolute Gasteiger partial charge is 0.466 e. The molecule has 426 valence electrons. The second kappa shape index (κ2) is 61.9. The van der Waals surface area contributed by atoms with Gasteiger partial charge in [-0.2, -0.15) is 0 Å². The maximum atomic E-state index is 12.4. The van der Waals surface area contributed by atoms with Crippen LogP contribution in [0.5, 0.6) is 0 Å². The van der Waals surface area contributed by atoms with E-state index in [0.29, 0.717) is 19.4 Å². The van der Waals surface area contributed by atoms with Crippen LogP contribution in [0.4, 0.5) is 0 Å². The predicted octanol–water partition coefficient (Wildman–Crippen LogP) is 20.6. The topological polar surface area (TPSA) is 95.9 Å². The van der Waals surface area contributed by atoms with Gasteiger partial charge in [-0.15, -0.1) is 0 Å². The number of nitrogens with one attached hydrogen (secondary N) is 1. The summed E-state index contributed by atoms with van der Waals surface area (Å²) in [6, 6.07) is -0.624. The Hall–Kier alpha value is -1.66. The Morgan fingerprint density at radius 3 is 0.986 bits per heavy atom. The number of ether oxygens (including phenoxy) is 1. The van der Waals surface area contributed by atoms with E-state index in [2.05, 4.69) is 31.3 Å². The number of hydrogen-bond donors (Lipinski definition) is 3. The van der Waals surface area contributed by atoms with E-state index in [1.807, 2.05) is 6.08 Å². The fourth-order valence-corrected chi connectivity index (χ4v) is 10.2. The summed E-state index contributed by atoms with van der Waals surface area (Å²) in [5.41, 5.74) is 0. The Morgan fingerprint density at radius 1 is 0.375 bits per heavy atom. The lowest BCUT2D eigenvalue weighted by atomic mass is 10.0. The van der Waals surface area contributed by atoms with E-state index in [4.69, 9.17) is 4.74 Å². The van der Waals surface area contributed by atoms with Crippen LogP contribution in [0.15, 0.2) is 24.3 Å². The summed E-state index contributed by atoms with van der Waals surface area (Å²) < 4.78 is 5.47. The smallest absolute Gasteiger partial charge is 0.305 e. The molecule has 0 radical (unpaired) electrons. The highest BCUT2D eigenvalue weighted by Gasteiger charge is 2.18. The first-order chi connectivity index (χ1) is 35.5. The summed E-state index contributed by atoms with van der Waals surface area (Å²) in [6.07, 6.45) is 76.8. The van der Waals surface area contributed by atoms with Gasteiger partial charge in [0.1, 0.15) is 0 Å². The van der Waals surface area contributed by atoms with Crippen LogP contribution in [0.1, 0.15) is 361 Å². The van der Waals surface area contributed by atoms with E-state index < -0.39 is 12.1 Å². The Bertz CT molecular complexity index is 1120. The third-order valence-corrected chi connectivity index (χ3v) is 15.2. The average molecular weight is 1010 g/mol. The van der Waals surface area contributed by atoms with Gasteiger partial charge in [0.15, 0.2) is 0 Å². The van der Waals surface area contributed by atoms with Gasteiger partial charge in [0.05, 0.1) is 25.4 Å². The van der Waals surface area contributed by atoms with Crippen LogP contribution in [0, 0.1) is 0 Å². The molecule has 0 bridgehead atoms. The Balaban J connectivity index is 3.35. The van der Waals surface area contributed by atoms with Gasteiger partial charge >= 0.3 is 5.97 Å². The SMILES string of the molecule is CCCCCCCCCCCC/C=C/C(O)C(CO)NC(=O)CCCCCCCCCCCCCCCCCC/C=C\CCCCCCCCCCCCCCOC(=O)CCCCCCCCCCCCC. The molecule has 2 atom stereocenters. The van der Waals surface area contributed by atoms with Crippen molar-refractivity contribution in [2.45, 2.75) is 373 Å². The van der Waals surface area contributed by atoms with Gasteiger partial charge in [-0.25, -0.2) is 0 Å². The fraction of sp³-hybridized carbons (Fsp3) is 0.909. The zero-order valence-electron chi connectivity index (χ0n) is 48.7. The number of hydrogen-bond acceptors (Lipinski definition) is 5. The van der Waals surface area contributed by atoms with Crippen LogP contribution in [-0.2, 0) is 14.3 Å². The van der Waals surface area contributed by atoms with Crippen LogP contribution < -0.4 is 5.32 Å². The molecule has 0 saturated heterocycles. The maximum Gasteiger partial charge on any atom is 0.305 e. The lowest BCUT2D eigenvalue weighted by molar-refractivity contribution is -0.143. The third kappa shape index (κ3) is 57.6. The highest BCUT2D eigenvalue weighted by Crippen LogP contribution is 2.18. The number of esters is 1. The normalized spacial score (nSPS) is 12.7. The average Bonchev–Trinajstić information content (AvgIpc) is 3.38. The first-order valence-corrected chi connectivity index (χ1v) is 32.6. The number of unbranched alkanes of at least 4 members (excludes halogenated alkanes) is 48. The van der Waals surface area contributed by atoms with Crippen molar-refractivity contribution in [3.05, 3.63) is 24.3 Å². The van der Waals surface area contributed by atoms with Gasteiger partial charge in [-0.05, 0) is 57.8 Å². The quantitative estimate of drug-likeness (QED) is 0.0320. The maximum absolute atomic E-state index is 12.4. The van der Waals surface area contributed by atoms with Gasteiger partial charge in [0.25, 0.3) is 0 Å². The van der Waals surface area contributed by atoms with Crippen molar-refractivity contribution in [1.82, 2.24) is 5.32 Å². The van der Waals surface area contributed by atoms with E-state index in [0.717, 1.165) is 38.5 Å². The number of carbonyl (C=O) groups is 2. The Labute approximate surface area is 450 Å². The lowest BCUT2D eigenvalue weighted by Gasteiger charge is -2.20. The minimum Gasteiger partial charge on any atom is -0.466 e. The highest BCUT2D eigenvalue weighted by molar-refractivity contribution is 5.76. The highest BCUT2D eigenvalue weighted by atomic mass is 16.5. The molecule has 0 aliphatic rings. The minimum absolute atomic E-state index is 0.0178. The van der Waals surface area contributed by atoms with E-state index in [-0.39, 0.29) is 18.5 Å². The van der Waals surface area contributed by atoms with Gasteiger partial charge in [0.2, 0.25) is 5.91 Å². The van der Waals surface area contributed by atoms with Crippen molar-refractivity contribution in [1.29, 1.82) is 0 Å². The summed E-state index contributed by atoms with van der Waals surface area (Å²) in [5.74, 6) is -0.0468. The van der Waals surface area contributed by atoms with Gasteiger partial charge in [0, 0.05) is 12.8 Å². The minimum atomic E-state index is -0.841. The molecule has 1 amide bonds. The molecule has 72 heavy (non-hydrogen) atoms. The number of rotatable bonds is 61. The molecule has 0 saturated carbocycles. The fourth-order valence-electron chi connectivity index (χ4n) is 10.2. The molecule has 0 aromatic rings. The third-order valence-electron chi connectivity index (χ3n) is 15.2. The van der Waals surface area contributed by atoms with Gasteiger partial charge < -0.3 is 20.3 Å². The van der Waals surface area contributed by atoms with E-state index in [1.54, 1.807) is 6.08 Å². The summed E-state index contributed by atoms with van der Waals surface area (Å²) in [4.78, 5) is 24.4. The van der Waals surface area contributed by atoms with Crippen molar-refractivity contribution < 1.29 is 24.5 Å². The molecule has 6 heteroatoms. The van der Waals surface area contributed by atoms with Crippen molar-refractivity contribution in [2.24, 2.45) is 0 Å². The van der Waals surface area contributed by atoms with Crippen LogP contribution >= 0.6 is 0 Å². The standard InChI is InChI=1S/C66H127NO5/c1-3-5-7-9-11-13-15-39-42-46-50-54-58-64(69)63(62-68)67-65(70)59-55-51-47-43-40-36-34-32-30-28-26-24-22-20-18-16-17-19-21-23-25-27-29-31-33-35-37-41-45-49-53-57-61-72-66(71)60-56-52-48-44-38-14-12-10-8-6-4-2/h19,21,54,58,63-64,68-69H,3-18,20,22-53,55-57,59-62H2,1-2H3,(H,67,70)/b21-19-,58-54+. The summed E-state index contributed by atoms with van der Waals surface area (Å²) >= 11 is 0. The molecule has 2 unspecified atom stereocenters. The number of carbonyl (C=O) groups excluding carboxylic acids is 2. The second-order valence-electron chi connectivity index (χ2n) is 22.5. The number of allylic oxidation sites excluding steroid dienone is 3. The molecule has 0 aliphatic heterocycles. The number of aliphatic hydroxyl groups excluding tert-OH is 2. The first-order valence-electron chi connectivity index (χ1n) is 32.6. The second-order valence-corrected chi connectivity index (χ2v) is 22.5. The molecule has 0 spiro atoms. The van der Waals surface area contributed by atoms with Crippen LogP contribution in [-0.4, -0.2) is 47.4 Å². The molecule has 0 rings (SSSR count). The van der Waals surface area contributed by atoms with Crippen LogP contribution in [0.2, 0.25) is 0 Å². The summed E-state index contributed by atoms with van der Waals surface area (Å²) in [5, 5.41) is 23.1. The van der Waals surface area contributed by atoms with Crippen molar-refractivity contribution in [2.75, 3.05) is 13.2 Å². The molecule has 0 fully saturated rings. The summed E-state index contributed by atoms with van der Waals surface area (Å²) in [7, 11) is 0. The zero-order chi connectivity index (χ0) is 52.2. The van der Waals surface area contributed by atoms with Crippen LogP contribution in [0.3, 0.4) is 0 Å². The van der Waals surface area contributed by atoms with E-state index in [9.17, 15) is 19.8 Å². The molecule has 0 aromatic carbocycles. The zero-order valence-corrected chi connectivity index (χ0v) is 48.7. The summed E-state index contributed by atoms with van der Waals surface area (Å²) in [6.45, 7) is 4.91. The molecule has 6 nitrogen and oxygen atoms in total. The Kier molecular flexibility index (Phi) is 60.5. The lowest BCUT2D eigenvalue weighted by Crippen LogP contribution is -2.45. The number of amides is 1. The van der Waals surface area contributed by atoms with Crippen molar-refractivity contribution >= 4 is 11.9 Å². The van der Waals surface area contributed by atoms with Gasteiger partial charge in [-0.1, -0.05) is 314 Å². The van der Waals surface area contributed by atoms with E-state index >= 15 is 0 Å². The van der Waals surface area contributed by atoms with Crippen molar-refractivity contribution in [3.63, 3.8) is 0 Å².